The highest BCUT2D eigenvalue weighted by atomic mass is 19.4. The molecule has 0 saturated carbocycles. The van der Waals surface area contributed by atoms with Crippen LogP contribution in [0.1, 0.15) is 24.0 Å². The lowest BCUT2D eigenvalue weighted by Crippen LogP contribution is -2.32. The minimum absolute atomic E-state index is 0.0282. The van der Waals surface area contributed by atoms with Gasteiger partial charge in [0.2, 0.25) is 0 Å². The van der Waals surface area contributed by atoms with E-state index in [1.165, 1.54) is 19.2 Å². The van der Waals surface area contributed by atoms with E-state index in [1.54, 1.807) is 42.5 Å². The summed E-state index contributed by atoms with van der Waals surface area (Å²) in [7, 11) is 1.49. The number of nitrogens with zero attached hydrogens (tertiary/aromatic N) is 3. The van der Waals surface area contributed by atoms with E-state index in [0.29, 0.717) is 28.6 Å². The van der Waals surface area contributed by atoms with Gasteiger partial charge in [-0.25, -0.2) is 4.68 Å². The second kappa shape index (κ2) is 11.6. The highest BCUT2D eigenvalue weighted by molar-refractivity contribution is 5.78. The van der Waals surface area contributed by atoms with Gasteiger partial charge in [-0.1, -0.05) is 41.6 Å². The number of rotatable bonds is 10. The van der Waals surface area contributed by atoms with Gasteiger partial charge in [0, 0.05) is 12.6 Å². The number of carboxylic acids is 1. The molecule has 8 nitrogen and oxygen atoms in total. The predicted molar refractivity (Wildman–Crippen MR) is 137 cm³/mol. The van der Waals surface area contributed by atoms with Gasteiger partial charge in [-0.2, -0.15) is 13.2 Å². The molecule has 0 bridgehead atoms. The van der Waals surface area contributed by atoms with E-state index >= 15 is 0 Å². The molecule has 0 unspecified atom stereocenters. The van der Waals surface area contributed by atoms with E-state index in [4.69, 9.17) is 4.74 Å². The summed E-state index contributed by atoms with van der Waals surface area (Å²) in [6.07, 6.45) is -5.06. The van der Waals surface area contributed by atoms with Crippen LogP contribution in [-0.2, 0) is 23.9 Å². The maximum Gasteiger partial charge on any atom is 0.416 e. The number of benzene rings is 3. The second-order valence-corrected chi connectivity index (χ2v) is 9.11. The van der Waals surface area contributed by atoms with Crippen molar-refractivity contribution in [2.75, 3.05) is 7.11 Å². The molecular formula is C28H26F3N3O5. The van der Waals surface area contributed by atoms with Crippen LogP contribution in [0, 0.1) is 5.92 Å². The van der Waals surface area contributed by atoms with Crippen molar-refractivity contribution in [1.82, 2.24) is 15.0 Å². The van der Waals surface area contributed by atoms with E-state index < -0.39 is 35.3 Å². The normalized spacial score (nSPS) is 13.3. The monoisotopic (exact) mass is 541 g/mol. The van der Waals surface area contributed by atoms with Gasteiger partial charge < -0.3 is 14.9 Å². The van der Waals surface area contributed by atoms with Crippen molar-refractivity contribution in [1.29, 1.82) is 0 Å². The van der Waals surface area contributed by atoms with Crippen LogP contribution in [0.3, 0.4) is 0 Å². The van der Waals surface area contributed by atoms with Crippen LogP contribution < -0.4 is 10.3 Å². The van der Waals surface area contributed by atoms with Crippen LogP contribution in [0.5, 0.6) is 5.75 Å². The lowest BCUT2D eigenvalue weighted by atomic mass is 9.93. The van der Waals surface area contributed by atoms with Gasteiger partial charge >= 0.3 is 12.1 Å². The van der Waals surface area contributed by atoms with Gasteiger partial charge in [-0.05, 0) is 60.2 Å². The summed E-state index contributed by atoms with van der Waals surface area (Å²) in [5, 5.41) is 28.5. The number of aliphatic hydroxyl groups is 1. The number of aliphatic hydroxyl groups excluding tert-OH is 1. The van der Waals surface area contributed by atoms with Crippen molar-refractivity contribution in [2.24, 2.45) is 5.92 Å². The third-order valence-electron chi connectivity index (χ3n) is 6.59. The molecule has 0 radical (unpaired) electrons. The Kier molecular flexibility index (Phi) is 8.29. The summed E-state index contributed by atoms with van der Waals surface area (Å²) in [5.74, 6) is -1.79. The first-order valence-electron chi connectivity index (χ1n) is 12.2. The van der Waals surface area contributed by atoms with E-state index in [2.05, 4.69) is 10.3 Å². The number of fused-ring (bicyclic) bond motifs is 1. The molecule has 1 aromatic heterocycles. The van der Waals surface area contributed by atoms with Crippen molar-refractivity contribution < 1.29 is 32.9 Å². The van der Waals surface area contributed by atoms with E-state index in [9.17, 15) is 33.0 Å². The summed E-state index contributed by atoms with van der Waals surface area (Å²) < 4.78 is 44.5. The molecule has 0 aliphatic rings. The molecule has 1 heterocycles. The Labute approximate surface area is 221 Å². The Morgan fingerprint density at radius 2 is 1.64 bits per heavy atom. The van der Waals surface area contributed by atoms with Crippen LogP contribution in [-0.4, -0.2) is 44.4 Å². The fourth-order valence-electron chi connectivity index (χ4n) is 4.30. The van der Waals surface area contributed by atoms with Crippen molar-refractivity contribution >= 4 is 16.9 Å². The number of aryl methyl sites for hydroxylation is 2. The zero-order valence-corrected chi connectivity index (χ0v) is 20.9. The molecule has 0 amide bonds. The third kappa shape index (κ3) is 6.61. The SMILES string of the molecule is COc1ccc2c(=O)n(CC[C@H](C(=O)O)[C@H](O)CCc3ccc(-c4ccc(C(F)(F)F)cc4)cc3)nnc2c1. The van der Waals surface area contributed by atoms with Crippen LogP contribution in [0.25, 0.3) is 22.0 Å². The number of ether oxygens (including phenoxy) is 1. The highest BCUT2D eigenvalue weighted by Gasteiger charge is 2.30. The molecule has 2 N–H and O–H groups in total. The number of aliphatic carboxylic acids is 1. The Hall–Kier alpha value is -4.25. The fourth-order valence-corrected chi connectivity index (χ4v) is 4.30. The van der Waals surface area contributed by atoms with Crippen LogP contribution >= 0.6 is 0 Å². The maximum absolute atomic E-state index is 12.8. The van der Waals surface area contributed by atoms with E-state index in [-0.39, 0.29) is 19.4 Å². The highest BCUT2D eigenvalue weighted by Crippen LogP contribution is 2.31. The number of hydrogen-bond donors (Lipinski definition) is 2. The number of aromatic nitrogens is 3. The zero-order chi connectivity index (χ0) is 28.2. The molecule has 0 aliphatic heterocycles. The van der Waals surface area contributed by atoms with E-state index in [1.807, 2.05) is 0 Å². The average Bonchev–Trinajstić information content (AvgIpc) is 2.92. The summed E-state index contributed by atoms with van der Waals surface area (Å²) in [5.41, 5.74) is 1.41. The minimum Gasteiger partial charge on any atom is -0.497 e. The lowest BCUT2D eigenvalue weighted by molar-refractivity contribution is -0.146. The molecule has 3 aromatic carbocycles. The van der Waals surface area contributed by atoms with Crippen molar-refractivity contribution in [3.05, 3.63) is 88.2 Å². The molecule has 204 valence electrons. The van der Waals surface area contributed by atoms with Gasteiger partial charge in [0.05, 0.1) is 30.1 Å². The van der Waals surface area contributed by atoms with Gasteiger partial charge in [0.15, 0.2) is 0 Å². The van der Waals surface area contributed by atoms with Gasteiger partial charge in [-0.15, -0.1) is 5.10 Å². The largest absolute Gasteiger partial charge is 0.497 e. The Morgan fingerprint density at radius 1 is 1.00 bits per heavy atom. The van der Waals surface area contributed by atoms with E-state index in [0.717, 1.165) is 27.9 Å². The summed E-state index contributed by atoms with van der Waals surface area (Å²) >= 11 is 0. The molecule has 4 rings (SSSR count). The molecule has 2 atom stereocenters. The standard InChI is InChI=1S/C28H26F3N3O5/c1-39-21-11-12-22-24(16-21)32-33-34(26(22)36)15-14-23(27(37)38)25(35)13-4-17-2-5-18(6-3-17)19-7-9-20(10-8-19)28(29,30)31/h2-3,5-12,16,23,25,35H,4,13-15H2,1H3,(H,37,38)/t23-,25+/m0/s1. The summed E-state index contributed by atoms with van der Waals surface area (Å²) in [6.45, 7) is -0.0380. The first-order valence-corrected chi connectivity index (χ1v) is 12.2. The first kappa shape index (κ1) is 27.8. The predicted octanol–water partition coefficient (Wildman–Crippen LogP) is 4.57. The summed E-state index contributed by atoms with van der Waals surface area (Å²) in [6, 6.07) is 16.7. The zero-order valence-electron chi connectivity index (χ0n) is 20.9. The van der Waals surface area contributed by atoms with Crippen LogP contribution in [0.2, 0.25) is 0 Å². The third-order valence-corrected chi connectivity index (χ3v) is 6.59. The number of carboxylic acid groups (broad SMARTS) is 1. The van der Waals surface area contributed by atoms with Gasteiger partial charge in [0.1, 0.15) is 11.3 Å². The summed E-state index contributed by atoms with van der Waals surface area (Å²) in [4.78, 5) is 24.6. The molecule has 11 heteroatoms. The molecule has 39 heavy (non-hydrogen) atoms. The number of methoxy groups -OCH3 is 1. The maximum atomic E-state index is 12.8. The van der Waals surface area contributed by atoms with Gasteiger partial charge in [0.25, 0.3) is 5.56 Å². The molecule has 0 aliphatic carbocycles. The van der Waals surface area contributed by atoms with Crippen LogP contribution in [0.4, 0.5) is 13.2 Å². The minimum atomic E-state index is -4.40. The first-order chi connectivity index (χ1) is 18.6. The fraction of sp³-hybridized carbons (Fsp3) is 0.286. The molecular weight excluding hydrogens is 515 g/mol. The van der Waals surface area contributed by atoms with Crippen molar-refractivity contribution in [3.63, 3.8) is 0 Å². The molecule has 0 saturated heterocycles. The van der Waals surface area contributed by atoms with Gasteiger partial charge in [-0.3, -0.25) is 9.59 Å². The second-order valence-electron chi connectivity index (χ2n) is 9.11. The van der Waals surface area contributed by atoms with Crippen LogP contribution in [0.15, 0.2) is 71.5 Å². The topological polar surface area (TPSA) is 115 Å². The molecule has 0 spiro atoms. The lowest BCUT2D eigenvalue weighted by Gasteiger charge is -2.19. The average molecular weight is 542 g/mol. The van der Waals surface area contributed by atoms with Crippen molar-refractivity contribution in [2.45, 2.75) is 38.1 Å². The molecule has 4 aromatic rings. The Morgan fingerprint density at radius 3 is 2.23 bits per heavy atom. The number of hydrogen-bond acceptors (Lipinski definition) is 6. The Balaban J connectivity index is 1.37. The number of halogens is 3. The van der Waals surface area contributed by atoms with Crippen molar-refractivity contribution in [3.8, 4) is 16.9 Å². The molecule has 0 fully saturated rings. The number of alkyl halides is 3. The quantitative estimate of drug-likeness (QED) is 0.302. The number of carbonyl (C=O) groups is 1. The Bertz CT molecular complexity index is 1500. The smallest absolute Gasteiger partial charge is 0.416 e.